The quantitative estimate of drug-likeness (QED) is 0.102. The molecular weight excluding hydrogens is 1010 g/mol. The highest BCUT2D eigenvalue weighted by atomic mass is 35.5. The first-order valence-corrected chi connectivity index (χ1v) is 19.8. The fraction of sp³-hybridized carbons (Fsp3) is 0.290. The molecule has 0 bridgehead atoms. The number of nitriles is 2. The summed E-state index contributed by atoms with van der Waals surface area (Å²) in [6, 6.07) is 3.81. The summed E-state index contributed by atoms with van der Waals surface area (Å²) in [5, 5.41) is 26.6. The summed E-state index contributed by atoms with van der Waals surface area (Å²) in [6.07, 6.45) is -13.2. The molecule has 0 saturated heterocycles. The molecule has 0 aliphatic carbocycles. The number of alkyl carbamates (subject to hydrolysis) is 2. The number of hydrogen-bond acceptors (Lipinski definition) is 10. The Morgan fingerprint density at radius 2 is 0.921 bits per heavy atom. The Bertz CT molecular complexity index is 2370. The van der Waals surface area contributed by atoms with Gasteiger partial charge in [0.05, 0.1) is 68.9 Å². The van der Waals surface area contributed by atoms with Crippen molar-refractivity contribution in [3.05, 3.63) is 78.3 Å². The van der Waals surface area contributed by atoms with Crippen LogP contribution in [0.15, 0.2) is 34.1 Å². The largest absolute Gasteiger partial charge is 0.476 e. The number of amides is 2. The van der Waals surface area contributed by atoms with Gasteiger partial charge in [-0.2, -0.15) is 73.4 Å². The number of halogens is 16. The molecule has 63 heavy (non-hydrogen) atoms. The Morgan fingerprint density at radius 1 is 0.619 bits per heavy atom. The Balaban J connectivity index is 1.47. The lowest BCUT2D eigenvalue weighted by molar-refractivity contribution is -0.138. The summed E-state index contributed by atoms with van der Waals surface area (Å²) in [4.78, 5) is 22.3. The standard InChI is InChI=1S/C31H16Cl4F12N8O6S2/c32-14-4-12(28(36,37)38)5-15(33)22(14)54-20(24(18(8-48)52-54)62(58)30(42,43)44)10-50-26(56)60-2-1-3-61-27(57)51-11-21-25(63(59)31(45,46)47)19(9-49)53-55(21)23-16(34)6-13(7-17(23)35)29(39,40)41/h4-7H,1-3,10-11H2,(H,50,56)(H,51,57). The van der Waals surface area contributed by atoms with Crippen molar-refractivity contribution in [2.24, 2.45) is 0 Å². The Morgan fingerprint density at radius 3 is 1.17 bits per heavy atom. The van der Waals surface area contributed by atoms with Crippen LogP contribution < -0.4 is 10.6 Å². The van der Waals surface area contributed by atoms with Crippen LogP contribution in [0.4, 0.5) is 62.3 Å². The van der Waals surface area contributed by atoms with Crippen molar-refractivity contribution in [3.8, 4) is 23.5 Å². The van der Waals surface area contributed by atoms with E-state index in [1.54, 1.807) is 0 Å². The number of benzene rings is 2. The van der Waals surface area contributed by atoms with Gasteiger partial charge in [0.1, 0.15) is 33.3 Å². The highest BCUT2D eigenvalue weighted by molar-refractivity contribution is 7.86. The Labute approximate surface area is 367 Å². The van der Waals surface area contributed by atoms with Crippen molar-refractivity contribution in [3.63, 3.8) is 0 Å². The first-order valence-electron chi connectivity index (χ1n) is 16.0. The van der Waals surface area contributed by atoms with E-state index in [-0.39, 0.29) is 6.42 Å². The molecule has 0 saturated carbocycles. The maximum Gasteiger partial charge on any atom is 0.476 e. The summed E-state index contributed by atoms with van der Waals surface area (Å²) in [5.41, 5.74) is -19.3. The molecule has 14 nitrogen and oxygen atoms in total. The predicted octanol–water partition coefficient (Wildman–Crippen LogP) is 9.25. The molecule has 4 rings (SSSR count). The molecule has 0 aliphatic heterocycles. The van der Waals surface area contributed by atoms with Crippen molar-refractivity contribution in [2.45, 2.75) is 52.7 Å². The van der Waals surface area contributed by atoms with Crippen molar-refractivity contribution < 1.29 is 80.2 Å². The molecule has 2 heterocycles. The number of rotatable bonds is 12. The third-order valence-electron chi connectivity index (χ3n) is 7.54. The zero-order valence-corrected chi connectivity index (χ0v) is 34.5. The second kappa shape index (κ2) is 19.4. The Kier molecular flexibility index (Phi) is 15.6. The normalized spacial score (nSPS) is 13.2. The van der Waals surface area contributed by atoms with Gasteiger partial charge in [0, 0.05) is 6.42 Å². The number of carbonyl (C=O) groups is 2. The zero-order chi connectivity index (χ0) is 47.6. The van der Waals surface area contributed by atoms with Crippen LogP contribution in [0, 0.1) is 22.7 Å². The first-order chi connectivity index (χ1) is 29.0. The lowest BCUT2D eigenvalue weighted by atomic mass is 10.2. The molecule has 4 aromatic rings. The maximum absolute atomic E-state index is 13.6. The SMILES string of the molecule is N#Cc1nn(-c2c(Cl)cc(C(F)(F)F)cc2Cl)c(CNC(=O)OCCCOC(=O)NCc2c(S(=O)C(F)(F)F)c(C#N)nn2-c2c(Cl)cc(C(F)(F)F)cc2Cl)c1S(=O)C(F)(F)F. The number of alkyl halides is 12. The molecule has 32 heteroatoms. The van der Waals surface area contributed by atoms with Crippen LogP contribution in [0.2, 0.25) is 20.1 Å². The Hall–Kier alpha value is -5.00. The number of nitrogens with zero attached hydrogens (tertiary/aromatic N) is 6. The van der Waals surface area contributed by atoms with Crippen molar-refractivity contribution >= 4 is 80.2 Å². The van der Waals surface area contributed by atoms with E-state index in [0.29, 0.717) is 33.6 Å². The summed E-state index contributed by atoms with van der Waals surface area (Å²) >= 11 is 23.9. The highest BCUT2D eigenvalue weighted by Crippen LogP contribution is 2.41. The summed E-state index contributed by atoms with van der Waals surface area (Å²) < 4.78 is 197. The number of hydrogen-bond donors (Lipinski definition) is 2. The minimum atomic E-state index is -5.53. The topological polar surface area (TPSA) is 194 Å². The van der Waals surface area contributed by atoms with E-state index in [4.69, 9.17) is 55.9 Å². The van der Waals surface area contributed by atoms with Crippen LogP contribution in [0.3, 0.4) is 0 Å². The third-order valence-corrected chi connectivity index (χ3v) is 11.1. The van der Waals surface area contributed by atoms with Gasteiger partial charge in [-0.3, -0.25) is 0 Å². The number of ether oxygens (including phenoxy) is 2. The summed E-state index contributed by atoms with van der Waals surface area (Å²) in [5.74, 6) is 0. The molecule has 0 radical (unpaired) electrons. The van der Waals surface area contributed by atoms with Gasteiger partial charge < -0.3 is 20.1 Å². The fourth-order valence-electron chi connectivity index (χ4n) is 4.99. The number of aromatic nitrogens is 4. The number of carbonyl (C=O) groups excluding carboxylic acids is 2. The fourth-order valence-corrected chi connectivity index (χ4v) is 8.02. The highest BCUT2D eigenvalue weighted by Gasteiger charge is 2.45. The monoisotopic (exact) mass is 1030 g/mol. The van der Waals surface area contributed by atoms with Gasteiger partial charge >= 0.3 is 35.6 Å². The minimum absolute atomic E-state index is 0.326. The minimum Gasteiger partial charge on any atom is -0.449 e. The molecule has 0 fully saturated rings. The van der Waals surface area contributed by atoms with E-state index in [0.717, 1.165) is 0 Å². The van der Waals surface area contributed by atoms with Crippen molar-refractivity contribution in [1.29, 1.82) is 10.5 Å². The van der Waals surface area contributed by atoms with Crippen LogP contribution in [0.25, 0.3) is 11.4 Å². The van der Waals surface area contributed by atoms with Crippen LogP contribution in [0.5, 0.6) is 0 Å². The van der Waals surface area contributed by atoms with E-state index < -0.39 is 159 Å². The van der Waals surface area contributed by atoms with Gasteiger partial charge in [0.15, 0.2) is 33.0 Å². The van der Waals surface area contributed by atoms with Gasteiger partial charge in [-0.25, -0.2) is 27.4 Å². The summed E-state index contributed by atoms with van der Waals surface area (Å²) in [7, 11) is -8.05. The maximum atomic E-state index is 13.6. The average molecular weight is 1030 g/mol. The first kappa shape index (κ1) is 50.6. The van der Waals surface area contributed by atoms with E-state index in [1.165, 1.54) is 12.1 Å². The van der Waals surface area contributed by atoms with E-state index in [9.17, 15) is 81.2 Å². The molecule has 2 atom stereocenters. The zero-order valence-electron chi connectivity index (χ0n) is 29.8. The van der Waals surface area contributed by atoms with Crippen molar-refractivity contribution in [2.75, 3.05) is 13.2 Å². The molecule has 2 aromatic heterocycles. The second-order valence-corrected chi connectivity index (χ2v) is 16.1. The van der Waals surface area contributed by atoms with Crippen LogP contribution in [0.1, 0.15) is 40.3 Å². The predicted molar refractivity (Wildman–Crippen MR) is 193 cm³/mol. The van der Waals surface area contributed by atoms with Crippen LogP contribution >= 0.6 is 46.4 Å². The molecule has 2 aromatic carbocycles. The van der Waals surface area contributed by atoms with Gasteiger partial charge in [-0.05, 0) is 24.3 Å². The molecule has 2 N–H and O–H groups in total. The molecule has 2 amide bonds. The molecule has 340 valence electrons. The van der Waals surface area contributed by atoms with Crippen LogP contribution in [-0.2, 0) is 56.5 Å². The van der Waals surface area contributed by atoms with Gasteiger partial charge in [0.25, 0.3) is 0 Å². The van der Waals surface area contributed by atoms with Crippen molar-refractivity contribution in [1.82, 2.24) is 30.2 Å². The second-order valence-electron chi connectivity index (χ2n) is 11.6. The summed E-state index contributed by atoms with van der Waals surface area (Å²) in [6.45, 7) is -3.52. The number of nitrogens with one attached hydrogen (secondary N) is 2. The lowest BCUT2D eigenvalue weighted by Gasteiger charge is -2.16. The molecular formula is C31H16Cl4F12N8O6S2. The van der Waals surface area contributed by atoms with Gasteiger partial charge in [-0.15, -0.1) is 0 Å². The smallest absolute Gasteiger partial charge is 0.449 e. The van der Waals surface area contributed by atoms with Gasteiger partial charge in [0.2, 0.25) is 0 Å². The van der Waals surface area contributed by atoms with E-state index in [2.05, 4.69) is 10.2 Å². The van der Waals surface area contributed by atoms with Crippen LogP contribution in [-0.4, -0.2) is 64.4 Å². The lowest BCUT2D eigenvalue weighted by Crippen LogP contribution is -2.28. The molecule has 2 unspecified atom stereocenters. The third kappa shape index (κ3) is 11.8. The molecule has 0 aliphatic rings. The van der Waals surface area contributed by atoms with Gasteiger partial charge in [-0.1, -0.05) is 46.4 Å². The van der Waals surface area contributed by atoms with E-state index >= 15 is 0 Å². The molecule has 0 spiro atoms. The van der Waals surface area contributed by atoms with E-state index in [1.807, 2.05) is 10.6 Å². The average Bonchev–Trinajstić information content (AvgIpc) is 3.70.